The van der Waals surface area contributed by atoms with Crippen molar-refractivity contribution in [2.45, 2.75) is 76.6 Å². The van der Waals surface area contributed by atoms with Crippen LogP contribution in [0.1, 0.15) is 53.4 Å². The molecule has 5 rings (SSSR count). The number of fused-ring (bicyclic) bond motifs is 1. The number of hydrogen-bond donors (Lipinski definition) is 3. The Kier molecular flexibility index (Phi) is 7.25. The van der Waals surface area contributed by atoms with E-state index in [0.29, 0.717) is 6.04 Å². The van der Waals surface area contributed by atoms with E-state index in [-0.39, 0.29) is 47.1 Å². The smallest absolute Gasteiger partial charge is 0.368 e. The van der Waals surface area contributed by atoms with E-state index < -0.39 is 22.9 Å². The third-order valence-electron chi connectivity index (χ3n) is 7.55. The molecule has 0 aliphatic carbocycles. The van der Waals surface area contributed by atoms with Gasteiger partial charge in [-0.1, -0.05) is 0 Å². The van der Waals surface area contributed by atoms with E-state index in [0.717, 1.165) is 53.9 Å². The van der Waals surface area contributed by atoms with Crippen molar-refractivity contribution >= 4 is 17.5 Å². The number of aliphatic hydroxyl groups is 1. The summed E-state index contributed by atoms with van der Waals surface area (Å²) in [6.45, 7) is 8.35. The van der Waals surface area contributed by atoms with Gasteiger partial charge in [0.2, 0.25) is 5.95 Å². The minimum atomic E-state index is -1.08. The molecular weight excluding hydrogens is 524 g/mol. The molecule has 40 heavy (non-hydrogen) atoms. The molecule has 2 fully saturated rings. The van der Waals surface area contributed by atoms with Crippen molar-refractivity contribution in [1.29, 1.82) is 0 Å². The Hall–Kier alpha value is -3.65. The number of rotatable bonds is 8. The van der Waals surface area contributed by atoms with Crippen LogP contribution in [0.2, 0.25) is 0 Å². The van der Waals surface area contributed by atoms with Gasteiger partial charge in [0.05, 0.1) is 18.5 Å². The summed E-state index contributed by atoms with van der Waals surface area (Å²) in [4.78, 5) is 23.4. The van der Waals surface area contributed by atoms with Crippen molar-refractivity contribution in [3.8, 4) is 11.4 Å². The standard InChI is InChI=1S/C26H35F2N9O3/c1-25(2)12-15(9-16-7-6-8-36(16)25)30-22-18(28)13-29-23(32-22)31-19-11-20(37-24(39)35(5)33-34-37)21(10-17(19)27)40-26(3,4)14-38/h10-11,13,15-16,38H,6-9,12,14H2,1-5H3,(H2,29,30,31,32)/t15-,16+/m1/s1. The van der Waals surface area contributed by atoms with E-state index in [1.807, 2.05) is 0 Å². The van der Waals surface area contributed by atoms with Gasteiger partial charge in [-0.3, -0.25) is 4.90 Å². The number of nitrogens with zero attached hydrogens (tertiary/aromatic N) is 7. The minimum Gasteiger partial charge on any atom is -0.483 e. The summed E-state index contributed by atoms with van der Waals surface area (Å²) in [7, 11) is 1.42. The third kappa shape index (κ3) is 5.50. The lowest BCUT2D eigenvalue weighted by atomic mass is 9.84. The average molecular weight is 560 g/mol. The van der Waals surface area contributed by atoms with E-state index in [1.54, 1.807) is 13.8 Å². The molecule has 3 aromatic rings. The first kappa shape index (κ1) is 27.9. The second kappa shape index (κ2) is 10.4. The molecular formula is C26H35F2N9O3. The number of hydrogen-bond acceptors (Lipinski definition) is 10. The zero-order valence-corrected chi connectivity index (χ0v) is 23.3. The highest BCUT2D eigenvalue weighted by molar-refractivity contribution is 5.63. The summed E-state index contributed by atoms with van der Waals surface area (Å²) in [5.74, 6) is -1.41. The van der Waals surface area contributed by atoms with Crippen molar-refractivity contribution in [3.63, 3.8) is 0 Å². The van der Waals surface area contributed by atoms with E-state index in [2.05, 4.69) is 49.8 Å². The van der Waals surface area contributed by atoms with Crippen molar-refractivity contribution in [3.05, 3.63) is 40.4 Å². The fourth-order valence-electron chi connectivity index (χ4n) is 5.64. The number of tetrazole rings is 1. The molecule has 14 heteroatoms. The zero-order chi connectivity index (χ0) is 28.8. The Morgan fingerprint density at radius 1 is 1.23 bits per heavy atom. The van der Waals surface area contributed by atoms with Gasteiger partial charge >= 0.3 is 5.69 Å². The van der Waals surface area contributed by atoms with Gasteiger partial charge in [-0.15, -0.1) is 0 Å². The van der Waals surface area contributed by atoms with Gasteiger partial charge in [0.15, 0.2) is 17.5 Å². The quantitative estimate of drug-likeness (QED) is 0.378. The first-order valence-corrected chi connectivity index (χ1v) is 13.3. The van der Waals surface area contributed by atoms with Crippen LogP contribution in [-0.4, -0.2) is 76.1 Å². The molecule has 0 unspecified atom stereocenters. The maximum absolute atomic E-state index is 15.3. The molecule has 3 N–H and O–H groups in total. The highest BCUT2D eigenvalue weighted by Crippen LogP contribution is 2.39. The lowest BCUT2D eigenvalue weighted by Crippen LogP contribution is -2.55. The molecule has 2 saturated heterocycles. The predicted octanol–water partition coefficient (Wildman–Crippen LogP) is 2.74. The molecule has 216 valence electrons. The van der Waals surface area contributed by atoms with Crippen LogP contribution in [0.4, 0.5) is 26.2 Å². The fraction of sp³-hybridized carbons (Fsp3) is 0.577. The van der Waals surface area contributed by atoms with Gasteiger partial charge in [-0.2, -0.15) is 14.3 Å². The predicted molar refractivity (Wildman–Crippen MR) is 144 cm³/mol. The Bertz CT molecular complexity index is 1460. The summed E-state index contributed by atoms with van der Waals surface area (Å²) in [5, 5.41) is 23.2. The maximum Gasteiger partial charge on any atom is 0.368 e. The molecule has 12 nitrogen and oxygen atoms in total. The van der Waals surface area contributed by atoms with Crippen LogP contribution < -0.4 is 21.1 Å². The van der Waals surface area contributed by atoms with Gasteiger partial charge in [0.25, 0.3) is 0 Å². The van der Waals surface area contributed by atoms with Crippen LogP contribution >= 0.6 is 0 Å². The van der Waals surface area contributed by atoms with Crippen molar-refractivity contribution in [1.82, 2.24) is 34.7 Å². The van der Waals surface area contributed by atoms with E-state index in [4.69, 9.17) is 4.74 Å². The van der Waals surface area contributed by atoms with Gasteiger partial charge in [0.1, 0.15) is 17.0 Å². The van der Waals surface area contributed by atoms with Crippen LogP contribution in [0, 0.1) is 11.6 Å². The Balaban J connectivity index is 1.43. The average Bonchev–Trinajstić information content (AvgIpc) is 3.49. The number of aliphatic hydroxyl groups excluding tert-OH is 1. The highest BCUT2D eigenvalue weighted by atomic mass is 19.1. The van der Waals surface area contributed by atoms with E-state index >= 15 is 4.39 Å². The minimum absolute atomic E-state index is 0.0183. The SMILES string of the molecule is Cn1nnn(-c2cc(Nc3ncc(F)c(N[C@@H]4C[C@@H]5CCCN5C(C)(C)C4)n3)c(F)cc2OC(C)(C)CO)c1=O. The van der Waals surface area contributed by atoms with Crippen molar-refractivity contribution in [2.75, 3.05) is 23.8 Å². The zero-order valence-electron chi connectivity index (χ0n) is 23.3. The Labute approximate surface area is 230 Å². The number of nitrogens with one attached hydrogen (secondary N) is 2. The van der Waals surface area contributed by atoms with E-state index in [9.17, 15) is 14.3 Å². The molecule has 0 amide bonds. The second-order valence-corrected chi connectivity index (χ2v) is 11.7. The molecule has 0 radical (unpaired) electrons. The molecule has 0 saturated carbocycles. The largest absolute Gasteiger partial charge is 0.483 e. The number of anilines is 3. The molecule has 2 atom stereocenters. The topological polar surface area (TPSA) is 135 Å². The van der Waals surface area contributed by atoms with Gasteiger partial charge < -0.3 is 20.5 Å². The first-order valence-electron chi connectivity index (χ1n) is 13.3. The summed E-state index contributed by atoms with van der Waals surface area (Å²) in [5.41, 5.74) is -1.71. The normalized spacial score (nSPS) is 20.8. The van der Waals surface area contributed by atoms with Crippen molar-refractivity contribution < 1.29 is 18.6 Å². The number of aryl methyl sites for hydroxylation is 1. The van der Waals surface area contributed by atoms with Crippen molar-refractivity contribution in [2.24, 2.45) is 7.05 Å². The Morgan fingerprint density at radius 3 is 2.70 bits per heavy atom. The maximum atomic E-state index is 15.3. The second-order valence-electron chi connectivity index (χ2n) is 11.7. The number of halogens is 2. The number of ether oxygens (including phenoxy) is 1. The van der Waals surface area contributed by atoms with Crippen LogP contribution in [-0.2, 0) is 7.05 Å². The van der Waals surface area contributed by atoms with E-state index in [1.165, 1.54) is 13.1 Å². The monoisotopic (exact) mass is 559 g/mol. The third-order valence-corrected chi connectivity index (χ3v) is 7.55. The lowest BCUT2D eigenvalue weighted by Gasteiger charge is -2.47. The summed E-state index contributed by atoms with van der Waals surface area (Å²) in [6, 6.07) is 2.82. The highest BCUT2D eigenvalue weighted by Gasteiger charge is 2.43. The molecule has 0 spiro atoms. The number of piperidine rings is 1. The van der Waals surface area contributed by atoms with Crippen LogP contribution in [0.25, 0.3) is 5.69 Å². The number of benzene rings is 1. The van der Waals surface area contributed by atoms with Gasteiger partial charge in [-0.05, 0) is 76.4 Å². The van der Waals surface area contributed by atoms with Gasteiger partial charge in [-0.25, -0.2) is 18.6 Å². The molecule has 2 aliphatic rings. The summed E-state index contributed by atoms with van der Waals surface area (Å²) >= 11 is 0. The molecule has 4 heterocycles. The molecule has 1 aromatic carbocycles. The van der Waals surface area contributed by atoms with Crippen LogP contribution in [0.15, 0.2) is 23.1 Å². The van der Waals surface area contributed by atoms with Crippen LogP contribution in [0.3, 0.4) is 0 Å². The Morgan fingerprint density at radius 2 is 2.00 bits per heavy atom. The molecule has 0 bridgehead atoms. The number of aromatic nitrogens is 6. The first-order chi connectivity index (χ1) is 18.9. The lowest BCUT2D eigenvalue weighted by molar-refractivity contribution is 0.0408. The van der Waals surface area contributed by atoms with Crippen LogP contribution in [0.5, 0.6) is 5.75 Å². The molecule has 2 aliphatic heterocycles. The molecule has 2 aromatic heterocycles. The fourth-order valence-corrected chi connectivity index (χ4v) is 5.64. The summed E-state index contributed by atoms with van der Waals surface area (Å²) in [6.07, 6.45) is 5.01. The van der Waals surface area contributed by atoms with Gasteiger partial charge in [0, 0.05) is 30.7 Å². The summed E-state index contributed by atoms with van der Waals surface area (Å²) < 4.78 is 37.8.